The summed E-state index contributed by atoms with van der Waals surface area (Å²) in [7, 11) is 2.05. The summed E-state index contributed by atoms with van der Waals surface area (Å²) in [5.74, 6) is 0.954. The number of halogens is 1. The first-order chi connectivity index (χ1) is 9.08. The molecule has 0 saturated heterocycles. The third-order valence-corrected chi connectivity index (χ3v) is 4.51. The Morgan fingerprint density at radius 1 is 1.26 bits per heavy atom. The predicted molar refractivity (Wildman–Crippen MR) is 79.8 cm³/mol. The molecule has 0 heterocycles. The fourth-order valence-corrected chi connectivity index (χ4v) is 3.05. The Morgan fingerprint density at radius 3 is 2.53 bits per heavy atom. The van der Waals surface area contributed by atoms with Crippen LogP contribution in [0.4, 0.5) is 0 Å². The van der Waals surface area contributed by atoms with Gasteiger partial charge < -0.3 is 0 Å². The Bertz CT molecular complexity index is 438. The smallest absolute Gasteiger partial charge is 0.178 e. The highest BCUT2D eigenvalue weighted by Gasteiger charge is 2.23. The summed E-state index contributed by atoms with van der Waals surface area (Å²) in [6.07, 6.45) is 4.95. The maximum absolute atomic E-state index is 12.3. The van der Waals surface area contributed by atoms with Gasteiger partial charge in [0.2, 0.25) is 0 Å². The number of ketones is 1. The van der Waals surface area contributed by atoms with Crippen molar-refractivity contribution in [3.63, 3.8) is 0 Å². The summed E-state index contributed by atoms with van der Waals surface area (Å²) in [5, 5.41) is 0.554. The third-order valence-electron chi connectivity index (χ3n) is 4.18. The van der Waals surface area contributed by atoms with E-state index in [1.807, 2.05) is 12.1 Å². The molecule has 19 heavy (non-hydrogen) atoms. The number of carbonyl (C=O) groups is 1. The van der Waals surface area contributed by atoms with Gasteiger partial charge in [0.25, 0.3) is 0 Å². The molecule has 0 unspecified atom stereocenters. The van der Waals surface area contributed by atoms with Gasteiger partial charge in [-0.1, -0.05) is 30.7 Å². The lowest BCUT2D eigenvalue weighted by Crippen LogP contribution is -2.38. The SMILES string of the molecule is CC1CCC(N(C)CC(=O)c2ccccc2Cl)CC1. The van der Waals surface area contributed by atoms with E-state index in [9.17, 15) is 4.79 Å². The number of hydrogen-bond acceptors (Lipinski definition) is 2. The number of likely N-dealkylation sites (N-methyl/N-ethyl adjacent to an activating group) is 1. The highest BCUT2D eigenvalue weighted by molar-refractivity contribution is 6.34. The Balaban J connectivity index is 1.94. The Hall–Kier alpha value is -0.860. The Morgan fingerprint density at radius 2 is 1.89 bits per heavy atom. The molecule has 0 spiro atoms. The molecule has 0 bridgehead atoms. The van der Waals surface area contributed by atoms with Gasteiger partial charge in [0.05, 0.1) is 11.6 Å². The molecule has 1 aliphatic carbocycles. The normalized spacial score (nSPS) is 23.6. The molecule has 1 aromatic rings. The molecule has 1 fully saturated rings. The van der Waals surface area contributed by atoms with Crippen LogP contribution in [0.3, 0.4) is 0 Å². The van der Waals surface area contributed by atoms with E-state index < -0.39 is 0 Å². The van der Waals surface area contributed by atoms with Gasteiger partial charge >= 0.3 is 0 Å². The predicted octanol–water partition coefficient (Wildman–Crippen LogP) is 4.03. The molecule has 0 aliphatic heterocycles. The first-order valence-corrected chi connectivity index (χ1v) is 7.43. The lowest BCUT2D eigenvalue weighted by atomic mass is 9.86. The maximum atomic E-state index is 12.3. The van der Waals surface area contributed by atoms with Gasteiger partial charge in [-0.15, -0.1) is 0 Å². The summed E-state index contributed by atoms with van der Waals surface area (Å²) < 4.78 is 0. The van der Waals surface area contributed by atoms with Crippen LogP contribution in [0.25, 0.3) is 0 Å². The van der Waals surface area contributed by atoms with Crippen LogP contribution in [0.5, 0.6) is 0 Å². The molecular formula is C16H22ClNO. The second-order valence-corrected chi connectivity index (χ2v) is 6.14. The average Bonchev–Trinajstić information content (AvgIpc) is 2.39. The van der Waals surface area contributed by atoms with Crippen molar-refractivity contribution in [3.8, 4) is 0 Å². The number of rotatable bonds is 4. The molecule has 0 N–H and O–H groups in total. The molecule has 104 valence electrons. The van der Waals surface area contributed by atoms with Crippen LogP contribution < -0.4 is 0 Å². The van der Waals surface area contributed by atoms with E-state index in [0.29, 0.717) is 23.2 Å². The van der Waals surface area contributed by atoms with Crippen molar-refractivity contribution in [1.29, 1.82) is 0 Å². The molecule has 1 aliphatic rings. The van der Waals surface area contributed by atoms with Crippen molar-refractivity contribution in [3.05, 3.63) is 34.9 Å². The molecule has 0 aromatic heterocycles. The lowest BCUT2D eigenvalue weighted by molar-refractivity contribution is 0.0889. The number of carbonyl (C=O) groups excluding carboxylic acids is 1. The Labute approximate surface area is 120 Å². The summed E-state index contributed by atoms with van der Waals surface area (Å²) in [5.41, 5.74) is 0.639. The first kappa shape index (κ1) is 14.5. The minimum Gasteiger partial charge on any atom is -0.296 e. The Kier molecular flexibility index (Phi) is 5.00. The van der Waals surface area contributed by atoms with Gasteiger partial charge in [0, 0.05) is 11.6 Å². The lowest BCUT2D eigenvalue weighted by Gasteiger charge is -2.33. The second kappa shape index (κ2) is 6.53. The third kappa shape index (κ3) is 3.80. The summed E-state index contributed by atoms with van der Waals surface area (Å²) >= 11 is 6.07. The van der Waals surface area contributed by atoms with E-state index in [2.05, 4.69) is 18.9 Å². The van der Waals surface area contributed by atoms with Crippen LogP contribution in [-0.4, -0.2) is 30.3 Å². The van der Waals surface area contributed by atoms with Crippen LogP contribution in [0.1, 0.15) is 43.0 Å². The zero-order valence-corrected chi connectivity index (χ0v) is 12.5. The summed E-state index contributed by atoms with van der Waals surface area (Å²) in [6, 6.07) is 7.84. The van der Waals surface area contributed by atoms with Crippen LogP contribution in [0, 0.1) is 5.92 Å². The fourth-order valence-electron chi connectivity index (χ4n) is 2.81. The van der Waals surface area contributed by atoms with E-state index in [1.165, 1.54) is 25.7 Å². The molecule has 1 aromatic carbocycles. The quantitative estimate of drug-likeness (QED) is 0.776. The first-order valence-electron chi connectivity index (χ1n) is 7.06. The molecule has 0 radical (unpaired) electrons. The van der Waals surface area contributed by atoms with Crippen molar-refractivity contribution < 1.29 is 4.79 Å². The zero-order chi connectivity index (χ0) is 13.8. The molecule has 0 atom stereocenters. The van der Waals surface area contributed by atoms with Gasteiger partial charge in [-0.2, -0.15) is 0 Å². The van der Waals surface area contributed by atoms with Gasteiger partial charge in [0.1, 0.15) is 0 Å². The molecule has 3 heteroatoms. The molecule has 1 saturated carbocycles. The van der Waals surface area contributed by atoms with Gasteiger partial charge in [-0.25, -0.2) is 0 Å². The van der Waals surface area contributed by atoms with Crippen molar-refractivity contribution in [1.82, 2.24) is 4.90 Å². The van der Waals surface area contributed by atoms with E-state index in [4.69, 9.17) is 11.6 Å². The number of benzene rings is 1. The van der Waals surface area contributed by atoms with Crippen molar-refractivity contribution in [2.45, 2.75) is 38.6 Å². The van der Waals surface area contributed by atoms with Crippen molar-refractivity contribution in [2.75, 3.05) is 13.6 Å². The highest BCUT2D eigenvalue weighted by atomic mass is 35.5. The van der Waals surface area contributed by atoms with E-state index in [0.717, 1.165) is 5.92 Å². The van der Waals surface area contributed by atoms with Crippen LogP contribution in [-0.2, 0) is 0 Å². The van der Waals surface area contributed by atoms with Crippen molar-refractivity contribution >= 4 is 17.4 Å². The maximum Gasteiger partial charge on any atom is 0.178 e. The van der Waals surface area contributed by atoms with Crippen molar-refractivity contribution in [2.24, 2.45) is 5.92 Å². The molecule has 2 nitrogen and oxygen atoms in total. The monoisotopic (exact) mass is 279 g/mol. The largest absolute Gasteiger partial charge is 0.296 e. The standard InChI is InChI=1S/C16H22ClNO/c1-12-7-9-13(10-8-12)18(2)11-16(19)14-5-3-4-6-15(14)17/h3-6,12-13H,7-11H2,1-2H3. The van der Waals surface area contributed by atoms with Gasteiger partial charge in [0.15, 0.2) is 5.78 Å². The van der Waals surface area contributed by atoms with Crippen LogP contribution in [0.2, 0.25) is 5.02 Å². The number of hydrogen-bond donors (Lipinski definition) is 0. The summed E-state index contributed by atoms with van der Waals surface area (Å²) in [4.78, 5) is 14.4. The fraction of sp³-hybridized carbons (Fsp3) is 0.562. The number of Topliss-reactive ketones (excluding diaryl/α,β-unsaturated/α-hetero) is 1. The van der Waals surface area contributed by atoms with E-state index >= 15 is 0 Å². The van der Waals surface area contributed by atoms with Gasteiger partial charge in [-0.05, 0) is 50.8 Å². The number of nitrogens with zero attached hydrogens (tertiary/aromatic N) is 1. The minimum absolute atomic E-state index is 0.117. The van der Waals surface area contributed by atoms with Gasteiger partial charge in [-0.3, -0.25) is 9.69 Å². The van der Waals surface area contributed by atoms with E-state index in [1.54, 1.807) is 12.1 Å². The summed E-state index contributed by atoms with van der Waals surface area (Å²) in [6.45, 7) is 2.77. The molecular weight excluding hydrogens is 258 g/mol. The van der Waals surface area contributed by atoms with Crippen LogP contribution in [0.15, 0.2) is 24.3 Å². The zero-order valence-electron chi connectivity index (χ0n) is 11.7. The topological polar surface area (TPSA) is 20.3 Å². The van der Waals surface area contributed by atoms with E-state index in [-0.39, 0.29) is 5.78 Å². The highest BCUT2D eigenvalue weighted by Crippen LogP contribution is 2.26. The second-order valence-electron chi connectivity index (χ2n) is 5.73. The van der Waals surface area contributed by atoms with Crippen LogP contribution >= 0.6 is 11.6 Å². The molecule has 2 rings (SSSR count). The minimum atomic E-state index is 0.117. The average molecular weight is 280 g/mol. The molecule has 0 amide bonds.